The molecular weight excluding hydrogens is 370 g/mol. The van der Waals surface area contributed by atoms with E-state index in [1.54, 1.807) is 4.31 Å². The lowest BCUT2D eigenvalue weighted by Crippen LogP contribution is -2.41. The molecule has 1 heterocycles. The van der Waals surface area contributed by atoms with Gasteiger partial charge in [-0.05, 0) is 30.5 Å². The normalized spacial score (nSPS) is 23.9. The fourth-order valence-corrected chi connectivity index (χ4v) is 5.93. The van der Waals surface area contributed by atoms with Gasteiger partial charge in [-0.3, -0.25) is 0 Å². The second kappa shape index (κ2) is 7.20. The van der Waals surface area contributed by atoms with Crippen molar-refractivity contribution in [3.05, 3.63) is 65.7 Å². The molecule has 2 fully saturated rings. The summed E-state index contributed by atoms with van der Waals surface area (Å²) in [6.45, 7) is 0.710. The predicted octanol–water partition coefficient (Wildman–Crippen LogP) is 3.73. The highest BCUT2D eigenvalue weighted by molar-refractivity contribution is 7.89. The molecule has 1 aliphatic carbocycles. The van der Waals surface area contributed by atoms with E-state index >= 15 is 0 Å². The fraction of sp³-hybridized carbons (Fsp3) is 0.400. The highest BCUT2D eigenvalue weighted by atomic mass is 32.2. The van der Waals surface area contributed by atoms with E-state index in [0.717, 1.165) is 37.0 Å². The smallest absolute Gasteiger partial charge is 0.217 e. The monoisotopic (exact) mass is 392 g/mol. The van der Waals surface area contributed by atoms with Crippen molar-refractivity contribution in [3.8, 4) is 0 Å². The molecule has 27 heavy (non-hydrogen) atoms. The summed E-state index contributed by atoms with van der Waals surface area (Å²) in [6.07, 6.45) is 2.39. The van der Waals surface area contributed by atoms with Gasteiger partial charge in [0, 0.05) is 36.8 Å². The molecular formula is C20H22F2N2O2S. The molecule has 0 spiro atoms. The van der Waals surface area contributed by atoms with Crippen LogP contribution in [0, 0.1) is 11.6 Å². The Kier molecular flexibility index (Phi) is 4.90. The number of sulfonamides is 1. The number of nitrogens with zero attached hydrogens (tertiary/aromatic N) is 1. The van der Waals surface area contributed by atoms with Crippen LogP contribution in [0.1, 0.15) is 30.7 Å². The van der Waals surface area contributed by atoms with E-state index in [-0.39, 0.29) is 17.2 Å². The van der Waals surface area contributed by atoms with Crippen molar-refractivity contribution in [2.24, 2.45) is 0 Å². The van der Waals surface area contributed by atoms with Crippen molar-refractivity contribution in [1.29, 1.82) is 0 Å². The SMILES string of the molecule is O=S(=O)(C1CCC1)N1C[C@@H](Nc2ccc(F)c(F)c2)[C@H](c2ccccc2)C1. The van der Waals surface area contributed by atoms with Crippen LogP contribution < -0.4 is 5.32 Å². The largest absolute Gasteiger partial charge is 0.380 e. The molecule has 0 unspecified atom stereocenters. The molecule has 0 radical (unpaired) electrons. The molecule has 1 aliphatic heterocycles. The van der Waals surface area contributed by atoms with E-state index in [1.165, 1.54) is 6.07 Å². The molecule has 4 rings (SSSR count). The Labute approximate surface area is 158 Å². The zero-order valence-corrected chi connectivity index (χ0v) is 15.6. The Balaban J connectivity index is 1.61. The summed E-state index contributed by atoms with van der Waals surface area (Å²) in [7, 11) is -3.32. The number of nitrogens with one attached hydrogen (secondary N) is 1. The highest BCUT2D eigenvalue weighted by Gasteiger charge is 2.44. The first-order chi connectivity index (χ1) is 12.9. The summed E-state index contributed by atoms with van der Waals surface area (Å²) < 4.78 is 54.1. The van der Waals surface area contributed by atoms with Gasteiger partial charge in [-0.25, -0.2) is 17.2 Å². The average Bonchev–Trinajstić information content (AvgIpc) is 3.02. The third-order valence-corrected chi connectivity index (χ3v) is 7.95. The molecule has 1 saturated heterocycles. The number of hydrogen-bond donors (Lipinski definition) is 1. The molecule has 4 nitrogen and oxygen atoms in total. The minimum absolute atomic E-state index is 0.0610. The summed E-state index contributed by atoms with van der Waals surface area (Å²) in [6, 6.07) is 13.2. The maximum Gasteiger partial charge on any atom is 0.217 e. The molecule has 0 amide bonds. The minimum atomic E-state index is -3.32. The average molecular weight is 392 g/mol. The van der Waals surface area contributed by atoms with Crippen LogP contribution in [0.15, 0.2) is 48.5 Å². The van der Waals surface area contributed by atoms with Crippen molar-refractivity contribution in [2.75, 3.05) is 18.4 Å². The molecule has 1 saturated carbocycles. The van der Waals surface area contributed by atoms with E-state index in [4.69, 9.17) is 0 Å². The molecule has 2 atom stereocenters. The first kappa shape index (κ1) is 18.4. The Morgan fingerprint density at radius 3 is 2.33 bits per heavy atom. The van der Waals surface area contributed by atoms with Gasteiger partial charge in [0.15, 0.2) is 11.6 Å². The van der Waals surface area contributed by atoms with Crippen LogP contribution in [0.3, 0.4) is 0 Å². The fourth-order valence-electron chi connectivity index (χ4n) is 3.84. The van der Waals surface area contributed by atoms with Crippen molar-refractivity contribution in [2.45, 2.75) is 36.5 Å². The van der Waals surface area contributed by atoms with Crippen molar-refractivity contribution in [3.63, 3.8) is 0 Å². The van der Waals surface area contributed by atoms with Gasteiger partial charge in [-0.1, -0.05) is 36.8 Å². The Hall–Kier alpha value is -1.99. The van der Waals surface area contributed by atoms with E-state index in [2.05, 4.69) is 5.32 Å². The van der Waals surface area contributed by atoms with Gasteiger partial charge in [0.1, 0.15) is 0 Å². The molecule has 0 bridgehead atoms. The van der Waals surface area contributed by atoms with E-state index in [0.29, 0.717) is 18.8 Å². The van der Waals surface area contributed by atoms with Crippen LogP contribution in [0.4, 0.5) is 14.5 Å². The molecule has 144 valence electrons. The third kappa shape index (κ3) is 3.58. The van der Waals surface area contributed by atoms with Crippen LogP contribution in [0.25, 0.3) is 0 Å². The second-order valence-corrected chi connectivity index (χ2v) is 9.52. The molecule has 2 aromatic carbocycles. The van der Waals surface area contributed by atoms with Crippen LogP contribution in [-0.2, 0) is 10.0 Å². The van der Waals surface area contributed by atoms with Crippen LogP contribution in [0.5, 0.6) is 0 Å². The lowest BCUT2D eigenvalue weighted by molar-refractivity contribution is 0.415. The van der Waals surface area contributed by atoms with Gasteiger partial charge >= 0.3 is 0 Å². The van der Waals surface area contributed by atoms with E-state index < -0.39 is 21.7 Å². The number of halogens is 2. The quantitative estimate of drug-likeness (QED) is 0.844. The van der Waals surface area contributed by atoms with E-state index in [1.807, 2.05) is 30.3 Å². The molecule has 2 aliphatic rings. The highest BCUT2D eigenvalue weighted by Crippen LogP contribution is 2.36. The molecule has 2 aromatic rings. The maximum atomic E-state index is 13.6. The van der Waals surface area contributed by atoms with Crippen LogP contribution >= 0.6 is 0 Å². The van der Waals surface area contributed by atoms with Gasteiger partial charge < -0.3 is 5.32 Å². The summed E-state index contributed by atoms with van der Waals surface area (Å²) in [5, 5.41) is 2.94. The summed E-state index contributed by atoms with van der Waals surface area (Å²) in [5.74, 6) is -1.89. The topological polar surface area (TPSA) is 49.4 Å². The van der Waals surface area contributed by atoms with Gasteiger partial charge in [-0.2, -0.15) is 4.31 Å². The van der Waals surface area contributed by atoms with E-state index in [9.17, 15) is 17.2 Å². The van der Waals surface area contributed by atoms with Gasteiger partial charge in [0.05, 0.1) is 5.25 Å². The molecule has 1 N–H and O–H groups in total. The Morgan fingerprint density at radius 2 is 1.70 bits per heavy atom. The van der Waals surface area contributed by atoms with Crippen molar-refractivity contribution in [1.82, 2.24) is 4.31 Å². The number of rotatable bonds is 5. The Bertz CT molecular complexity index is 917. The number of hydrogen-bond acceptors (Lipinski definition) is 3. The number of anilines is 1. The lowest BCUT2D eigenvalue weighted by atomic mass is 9.94. The van der Waals surface area contributed by atoms with Gasteiger partial charge in [-0.15, -0.1) is 0 Å². The first-order valence-electron chi connectivity index (χ1n) is 9.20. The third-order valence-electron chi connectivity index (χ3n) is 5.62. The maximum absolute atomic E-state index is 13.6. The zero-order valence-electron chi connectivity index (χ0n) is 14.8. The van der Waals surface area contributed by atoms with Crippen LogP contribution in [-0.4, -0.2) is 37.1 Å². The predicted molar refractivity (Wildman–Crippen MR) is 101 cm³/mol. The van der Waals surface area contributed by atoms with Gasteiger partial charge in [0.2, 0.25) is 10.0 Å². The Morgan fingerprint density at radius 1 is 0.963 bits per heavy atom. The zero-order chi connectivity index (χ0) is 19.0. The standard InChI is InChI=1S/C20H22F2N2O2S/c21-18-10-9-15(11-19(18)22)23-20-13-24(27(25,26)16-7-4-8-16)12-17(20)14-5-2-1-3-6-14/h1-3,5-6,9-11,16-17,20,23H,4,7-8,12-13H2/t17-,20+/m0/s1. The van der Waals surface area contributed by atoms with Crippen LogP contribution in [0.2, 0.25) is 0 Å². The summed E-state index contributed by atoms with van der Waals surface area (Å²) in [5.41, 5.74) is 1.48. The molecule has 7 heteroatoms. The first-order valence-corrected chi connectivity index (χ1v) is 10.7. The van der Waals surface area contributed by atoms with Crippen molar-refractivity contribution >= 4 is 15.7 Å². The lowest BCUT2D eigenvalue weighted by Gasteiger charge is -2.29. The summed E-state index contributed by atoms with van der Waals surface area (Å²) >= 11 is 0. The number of benzene rings is 2. The van der Waals surface area contributed by atoms with Gasteiger partial charge in [0.25, 0.3) is 0 Å². The summed E-state index contributed by atoms with van der Waals surface area (Å²) in [4.78, 5) is 0. The molecule has 0 aromatic heterocycles. The van der Waals surface area contributed by atoms with Crippen molar-refractivity contribution < 1.29 is 17.2 Å². The second-order valence-electron chi connectivity index (χ2n) is 7.31. The minimum Gasteiger partial charge on any atom is -0.380 e.